The molecule has 2 atom stereocenters. The molecule has 1 fully saturated rings. The van der Waals surface area contributed by atoms with Crippen LogP contribution in [-0.4, -0.2) is 67.9 Å². The number of esters is 1. The van der Waals surface area contributed by atoms with Crippen molar-refractivity contribution in [3.8, 4) is 0 Å². The van der Waals surface area contributed by atoms with Crippen LogP contribution in [0.1, 0.15) is 19.8 Å². The molecule has 1 saturated heterocycles. The molecule has 1 heterocycles. The summed E-state index contributed by atoms with van der Waals surface area (Å²) < 4.78 is 34.8. The van der Waals surface area contributed by atoms with Crippen LogP contribution in [-0.2, 0) is 29.1 Å². The van der Waals surface area contributed by atoms with E-state index < -0.39 is 39.9 Å². The maximum Gasteiger partial charge on any atom is 0.322 e. The van der Waals surface area contributed by atoms with Crippen molar-refractivity contribution in [3.05, 3.63) is 0 Å². The second-order valence-electron chi connectivity index (χ2n) is 4.39. The van der Waals surface area contributed by atoms with Gasteiger partial charge in [-0.1, -0.05) is 0 Å². The summed E-state index contributed by atoms with van der Waals surface area (Å²) >= 11 is 0. The number of hydrogen-bond acceptors (Lipinski definition) is 6. The summed E-state index contributed by atoms with van der Waals surface area (Å²) in [5.41, 5.74) is 0. The quantitative estimate of drug-likeness (QED) is 0.628. The van der Waals surface area contributed by atoms with E-state index in [-0.39, 0.29) is 26.0 Å². The summed E-state index contributed by atoms with van der Waals surface area (Å²) in [5, 5.41) is 9.07. The number of ether oxygens (including phenoxy) is 2. The van der Waals surface area contributed by atoms with Crippen LogP contribution in [0.2, 0.25) is 0 Å². The van der Waals surface area contributed by atoms with Gasteiger partial charge in [-0.3, -0.25) is 9.59 Å². The van der Waals surface area contributed by atoms with E-state index in [0.717, 1.165) is 4.31 Å². The average molecular weight is 309 g/mol. The number of carboxylic acids is 1. The van der Waals surface area contributed by atoms with Crippen LogP contribution >= 0.6 is 0 Å². The van der Waals surface area contributed by atoms with E-state index in [1.165, 1.54) is 7.11 Å². The molecule has 9 heteroatoms. The molecule has 116 valence electrons. The largest absolute Gasteiger partial charge is 0.480 e. The zero-order valence-electron chi connectivity index (χ0n) is 11.4. The monoisotopic (exact) mass is 309 g/mol. The fourth-order valence-electron chi connectivity index (χ4n) is 2.03. The Bertz CT molecular complexity index is 461. The summed E-state index contributed by atoms with van der Waals surface area (Å²) in [7, 11) is -2.44. The molecule has 8 nitrogen and oxygen atoms in total. The van der Waals surface area contributed by atoms with Crippen molar-refractivity contribution >= 4 is 22.0 Å². The Balaban J connectivity index is 2.74. The molecule has 0 aliphatic carbocycles. The Kier molecular flexibility index (Phi) is 5.90. The number of carbonyl (C=O) groups is 2. The normalized spacial score (nSPS) is 23.7. The highest BCUT2D eigenvalue weighted by Gasteiger charge is 2.43. The molecule has 1 aliphatic rings. The van der Waals surface area contributed by atoms with E-state index in [1.807, 2.05) is 0 Å². The zero-order valence-corrected chi connectivity index (χ0v) is 12.3. The highest BCUT2D eigenvalue weighted by molar-refractivity contribution is 7.89. The number of rotatable bonds is 7. The molecule has 2 unspecified atom stereocenters. The molecule has 0 aromatic rings. The fourth-order valence-corrected chi connectivity index (χ4v) is 3.65. The predicted molar refractivity (Wildman–Crippen MR) is 68.6 cm³/mol. The van der Waals surface area contributed by atoms with E-state index >= 15 is 0 Å². The lowest BCUT2D eigenvalue weighted by atomic mass is 10.2. The van der Waals surface area contributed by atoms with E-state index in [1.54, 1.807) is 6.92 Å². The molecule has 0 amide bonds. The van der Waals surface area contributed by atoms with Gasteiger partial charge < -0.3 is 14.6 Å². The topological polar surface area (TPSA) is 110 Å². The Morgan fingerprint density at radius 2 is 2.05 bits per heavy atom. The van der Waals surface area contributed by atoms with Crippen molar-refractivity contribution in [2.24, 2.45) is 0 Å². The van der Waals surface area contributed by atoms with Gasteiger partial charge in [-0.25, -0.2) is 8.42 Å². The van der Waals surface area contributed by atoms with Gasteiger partial charge in [0.2, 0.25) is 10.0 Å². The minimum atomic E-state index is -3.84. The van der Waals surface area contributed by atoms with Crippen molar-refractivity contribution in [3.63, 3.8) is 0 Å². The fraction of sp³-hybridized carbons (Fsp3) is 0.818. The number of hydrogen-bond donors (Lipinski definition) is 1. The highest BCUT2D eigenvalue weighted by Crippen LogP contribution is 2.24. The van der Waals surface area contributed by atoms with Crippen molar-refractivity contribution < 1.29 is 32.6 Å². The second-order valence-corrected chi connectivity index (χ2v) is 6.43. The SMILES string of the molecule is CCOC(=O)CCS(=O)(=O)N1CC(OC)CC1C(=O)O. The van der Waals surface area contributed by atoms with Crippen LogP contribution in [0.5, 0.6) is 0 Å². The number of sulfonamides is 1. The molecule has 0 bridgehead atoms. The van der Waals surface area contributed by atoms with Crippen LogP contribution in [0.3, 0.4) is 0 Å². The lowest BCUT2D eigenvalue weighted by Crippen LogP contribution is -2.42. The summed E-state index contributed by atoms with van der Waals surface area (Å²) in [6.07, 6.45) is -0.644. The molecule has 20 heavy (non-hydrogen) atoms. The lowest BCUT2D eigenvalue weighted by Gasteiger charge is -2.20. The van der Waals surface area contributed by atoms with E-state index in [4.69, 9.17) is 9.84 Å². The van der Waals surface area contributed by atoms with Gasteiger partial charge >= 0.3 is 11.9 Å². The lowest BCUT2D eigenvalue weighted by molar-refractivity contribution is -0.142. The number of nitrogens with zero attached hydrogens (tertiary/aromatic N) is 1. The summed E-state index contributed by atoms with van der Waals surface area (Å²) in [6, 6.07) is -1.15. The highest BCUT2D eigenvalue weighted by atomic mass is 32.2. The molecule has 0 spiro atoms. The minimum absolute atomic E-state index is 0.0153. The van der Waals surface area contributed by atoms with Gasteiger partial charge in [-0.15, -0.1) is 0 Å². The Morgan fingerprint density at radius 1 is 1.40 bits per heavy atom. The van der Waals surface area contributed by atoms with E-state index in [2.05, 4.69) is 4.74 Å². The van der Waals surface area contributed by atoms with Crippen LogP contribution in [0.25, 0.3) is 0 Å². The Labute approximate surface area is 117 Å². The number of methoxy groups -OCH3 is 1. The van der Waals surface area contributed by atoms with Crippen molar-refractivity contribution in [1.82, 2.24) is 4.31 Å². The first-order valence-electron chi connectivity index (χ1n) is 6.22. The van der Waals surface area contributed by atoms with Gasteiger partial charge in [0, 0.05) is 20.1 Å². The smallest absolute Gasteiger partial charge is 0.322 e. The predicted octanol–water partition coefficient (Wildman–Crippen LogP) is -0.557. The zero-order chi connectivity index (χ0) is 15.3. The molecular weight excluding hydrogens is 290 g/mol. The second kappa shape index (κ2) is 7.00. The molecule has 1 rings (SSSR count). The first kappa shape index (κ1) is 16.9. The van der Waals surface area contributed by atoms with Crippen LogP contribution in [0.4, 0.5) is 0 Å². The summed E-state index contributed by atoms with van der Waals surface area (Å²) in [5.74, 6) is -2.30. The first-order chi connectivity index (χ1) is 9.31. The summed E-state index contributed by atoms with van der Waals surface area (Å²) in [6.45, 7) is 1.78. The van der Waals surface area contributed by atoms with Gasteiger partial charge in [-0.05, 0) is 6.92 Å². The number of aliphatic carboxylic acids is 1. The minimum Gasteiger partial charge on any atom is -0.480 e. The molecule has 1 aliphatic heterocycles. The molecule has 0 aromatic carbocycles. The van der Waals surface area contributed by atoms with Crippen molar-refractivity contribution in [1.29, 1.82) is 0 Å². The average Bonchev–Trinajstić information content (AvgIpc) is 2.82. The molecular formula is C11H19NO7S. The standard InChI is InChI=1S/C11H19NO7S/c1-3-19-10(13)4-5-20(16,17)12-7-8(18-2)6-9(12)11(14)15/h8-9H,3-7H2,1-2H3,(H,14,15). The Hall–Kier alpha value is -1.19. The third kappa shape index (κ3) is 4.15. The maximum absolute atomic E-state index is 12.1. The third-order valence-electron chi connectivity index (χ3n) is 3.06. The molecule has 0 saturated carbocycles. The molecule has 0 aromatic heterocycles. The van der Waals surface area contributed by atoms with E-state index in [0.29, 0.717) is 0 Å². The Morgan fingerprint density at radius 3 is 2.55 bits per heavy atom. The van der Waals surface area contributed by atoms with Crippen LogP contribution in [0, 0.1) is 0 Å². The van der Waals surface area contributed by atoms with Gasteiger partial charge in [0.15, 0.2) is 0 Å². The van der Waals surface area contributed by atoms with Gasteiger partial charge in [0.05, 0.1) is 24.9 Å². The number of carbonyl (C=O) groups excluding carboxylic acids is 1. The third-order valence-corrected chi connectivity index (χ3v) is 4.90. The number of carboxylic acid groups (broad SMARTS) is 1. The summed E-state index contributed by atoms with van der Waals surface area (Å²) in [4.78, 5) is 22.3. The van der Waals surface area contributed by atoms with Crippen LogP contribution in [0.15, 0.2) is 0 Å². The maximum atomic E-state index is 12.1. The van der Waals surface area contributed by atoms with Gasteiger partial charge in [-0.2, -0.15) is 4.31 Å². The van der Waals surface area contributed by atoms with Gasteiger partial charge in [0.1, 0.15) is 6.04 Å². The van der Waals surface area contributed by atoms with Crippen LogP contribution < -0.4 is 0 Å². The van der Waals surface area contributed by atoms with Crippen molar-refractivity contribution in [2.45, 2.75) is 31.9 Å². The van der Waals surface area contributed by atoms with Gasteiger partial charge in [0.25, 0.3) is 0 Å². The molecule has 1 N–H and O–H groups in total. The van der Waals surface area contributed by atoms with E-state index in [9.17, 15) is 18.0 Å². The first-order valence-corrected chi connectivity index (χ1v) is 7.83. The van der Waals surface area contributed by atoms with Crippen molar-refractivity contribution in [2.75, 3.05) is 26.0 Å². The molecule has 0 radical (unpaired) electrons.